The van der Waals surface area contributed by atoms with E-state index in [-0.39, 0.29) is 18.8 Å². The van der Waals surface area contributed by atoms with Crippen molar-refractivity contribution in [1.29, 1.82) is 0 Å². The third-order valence-corrected chi connectivity index (χ3v) is 3.26. The summed E-state index contributed by atoms with van der Waals surface area (Å²) in [5.41, 5.74) is 1.55. The van der Waals surface area contributed by atoms with Gasteiger partial charge < -0.3 is 19.7 Å². The second-order valence-corrected chi connectivity index (χ2v) is 5.80. The molecule has 1 aromatic carbocycles. The fourth-order valence-electron chi connectivity index (χ4n) is 2.25. The van der Waals surface area contributed by atoms with Crippen LogP contribution in [0.2, 0.25) is 0 Å². The van der Waals surface area contributed by atoms with Gasteiger partial charge >= 0.3 is 0 Å². The van der Waals surface area contributed by atoms with Crippen LogP contribution in [-0.4, -0.2) is 27.9 Å². The van der Waals surface area contributed by atoms with E-state index >= 15 is 0 Å². The first kappa shape index (κ1) is 17.0. The van der Waals surface area contributed by atoms with Crippen molar-refractivity contribution in [3.05, 3.63) is 46.5 Å². The summed E-state index contributed by atoms with van der Waals surface area (Å²) < 4.78 is 7.08. The van der Waals surface area contributed by atoms with E-state index in [1.807, 2.05) is 25.1 Å². The van der Waals surface area contributed by atoms with Crippen molar-refractivity contribution in [2.45, 2.75) is 27.3 Å². The minimum atomic E-state index is -0.139. The van der Waals surface area contributed by atoms with Crippen molar-refractivity contribution in [2.24, 2.45) is 5.92 Å². The van der Waals surface area contributed by atoms with Crippen LogP contribution < -0.4 is 15.6 Å². The molecule has 2 rings (SSSR count). The first-order chi connectivity index (χ1) is 11.0. The molecule has 0 aliphatic heterocycles. The van der Waals surface area contributed by atoms with E-state index in [0.29, 0.717) is 24.0 Å². The fourth-order valence-corrected chi connectivity index (χ4v) is 2.25. The van der Waals surface area contributed by atoms with E-state index < -0.39 is 0 Å². The standard InChI is InChI=1S/C17H23N3O3/c1-12(2)11-20-7-6-18-16(17(20)22)19-14-4-5-15(13(3)10-14)23-9-8-21/h4-7,10,12,21H,8-9,11H2,1-3H3,(H,18,19). The maximum atomic E-state index is 12.4. The minimum absolute atomic E-state index is 0.0250. The number of aromatic nitrogens is 2. The molecule has 1 aromatic heterocycles. The van der Waals surface area contributed by atoms with Gasteiger partial charge in [-0.3, -0.25) is 4.79 Å². The van der Waals surface area contributed by atoms with Gasteiger partial charge in [0.25, 0.3) is 5.56 Å². The Labute approximate surface area is 135 Å². The lowest BCUT2D eigenvalue weighted by Crippen LogP contribution is -2.25. The van der Waals surface area contributed by atoms with Gasteiger partial charge in [-0.05, 0) is 36.6 Å². The smallest absolute Gasteiger partial charge is 0.293 e. The number of aryl methyl sites for hydroxylation is 1. The zero-order valence-electron chi connectivity index (χ0n) is 13.7. The molecule has 0 aliphatic rings. The van der Waals surface area contributed by atoms with Crippen LogP contribution in [0.25, 0.3) is 0 Å². The van der Waals surface area contributed by atoms with Gasteiger partial charge in [0.2, 0.25) is 0 Å². The topological polar surface area (TPSA) is 76.4 Å². The number of hydrogen-bond donors (Lipinski definition) is 2. The Kier molecular flexibility index (Phi) is 5.76. The lowest BCUT2D eigenvalue weighted by Gasteiger charge is -2.12. The van der Waals surface area contributed by atoms with Crippen molar-refractivity contribution in [1.82, 2.24) is 9.55 Å². The number of benzene rings is 1. The van der Waals surface area contributed by atoms with Gasteiger partial charge in [-0.2, -0.15) is 0 Å². The van der Waals surface area contributed by atoms with Crippen LogP contribution in [0.3, 0.4) is 0 Å². The molecule has 124 valence electrons. The van der Waals surface area contributed by atoms with Crippen LogP contribution in [0.1, 0.15) is 19.4 Å². The Morgan fingerprint density at radius 2 is 2.17 bits per heavy atom. The van der Waals surface area contributed by atoms with E-state index in [0.717, 1.165) is 11.3 Å². The molecule has 6 nitrogen and oxygen atoms in total. The van der Waals surface area contributed by atoms with Gasteiger partial charge in [-0.1, -0.05) is 13.8 Å². The SMILES string of the molecule is Cc1cc(Nc2nccn(CC(C)C)c2=O)ccc1OCCO. The molecule has 0 fully saturated rings. The molecule has 23 heavy (non-hydrogen) atoms. The first-order valence-electron chi connectivity index (χ1n) is 7.68. The molecule has 0 saturated heterocycles. The number of ether oxygens (including phenoxy) is 1. The molecule has 1 heterocycles. The monoisotopic (exact) mass is 317 g/mol. The molecule has 0 saturated carbocycles. The Morgan fingerprint density at radius 3 is 2.83 bits per heavy atom. The maximum absolute atomic E-state index is 12.4. The summed E-state index contributed by atoms with van der Waals surface area (Å²) >= 11 is 0. The largest absolute Gasteiger partial charge is 0.491 e. The highest BCUT2D eigenvalue weighted by molar-refractivity contribution is 5.58. The average Bonchev–Trinajstić information content (AvgIpc) is 2.50. The van der Waals surface area contributed by atoms with Crippen LogP contribution in [-0.2, 0) is 6.54 Å². The fraction of sp³-hybridized carbons (Fsp3) is 0.412. The van der Waals surface area contributed by atoms with Crippen LogP contribution >= 0.6 is 0 Å². The summed E-state index contributed by atoms with van der Waals surface area (Å²) in [6, 6.07) is 5.51. The molecule has 0 amide bonds. The molecule has 2 aromatic rings. The van der Waals surface area contributed by atoms with E-state index in [1.165, 1.54) is 0 Å². The van der Waals surface area contributed by atoms with Crippen LogP contribution in [0.15, 0.2) is 35.4 Å². The number of aliphatic hydroxyl groups is 1. The summed E-state index contributed by atoms with van der Waals surface area (Å²) in [6.45, 7) is 6.93. The average molecular weight is 317 g/mol. The number of rotatable bonds is 7. The van der Waals surface area contributed by atoms with Crippen LogP contribution in [0.5, 0.6) is 5.75 Å². The summed E-state index contributed by atoms with van der Waals surface area (Å²) in [6.07, 6.45) is 3.32. The van der Waals surface area contributed by atoms with E-state index in [1.54, 1.807) is 17.0 Å². The zero-order chi connectivity index (χ0) is 16.8. The van der Waals surface area contributed by atoms with Crippen molar-refractivity contribution < 1.29 is 9.84 Å². The lowest BCUT2D eigenvalue weighted by atomic mass is 10.2. The summed E-state index contributed by atoms with van der Waals surface area (Å²) in [4.78, 5) is 16.5. The predicted octanol–water partition coefficient (Wildman–Crippen LogP) is 2.32. The third kappa shape index (κ3) is 4.56. The van der Waals surface area contributed by atoms with Crippen molar-refractivity contribution in [3.8, 4) is 5.75 Å². The lowest BCUT2D eigenvalue weighted by molar-refractivity contribution is 0.200. The number of hydrogen-bond acceptors (Lipinski definition) is 5. The molecule has 0 atom stereocenters. The number of anilines is 2. The Bertz CT molecular complexity index is 710. The molecule has 0 unspecified atom stereocenters. The molecule has 6 heteroatoms. The Morgan fingerprint density at radius 1 is 1.39 bits per heavy atom. The van der Waals surface area contributed by atoms with Gasteiger partial charge in [-0.15, -0.1) is 0 Å². The van der Waals surface area contributed by atoms with E-state index in [9.17, 15) is 4.79 Å². The first-order valence-corrected chi connectivity index (χ1v) is 7.68. The van der Waals surface area contributed by atoms with Crippen LogP contribution in [0.4, 0.5) is 11.5 Å². The molecular formula is C17H23N3O3. The number of nitrogens with zero attached hydrogens (tertiary/aromatic N) is 2. The maximum Gasteiger partial charge on any atom is 0.293 e. The van der Waals surface area contributed by atoms with E-state index in [4.69, 9.17) is 9.84 Å². The van der Waals surface area contributed by atoms with Gasteiger partial charge in [0.05, 0.1) is 6.61 Å². The van der Waals surface area contributed by atoms with Crippen molar-refractivity contribution in [3.63, 3.8) is 0 Å². The van der Waals surface area contributed by atoms with Crippen LogP contribution in [0, 0.1) is 12.8 Å². The molecule has 0 radical (unpaired) electrons. The van der Waals surface area contributed by atoms with Gasteiger partial charge in [-0.25, -0.2) is 4.98 Å². The highest BCUT2D eigenvalue weighted by Crippen LogP contribution is 2.23. The van der Waals surface area contributed by atoms with Gasteiger partial charge in [0, 0.05) is 24.6 Å². The quantitative estimate of drug-likeness (QED) is 0.819. The second-order valence-electron chi connectivity index (χ2n) is 5.80. The molecule has 0 aliphatic carbocycles. The van der Waals surface area contributed by atoms with E-state index in [2.05, 4.69) is 24.1 Å². The van der Waals surface area contributed by atoms with Gasteiger partial charge in [0.1, 0.15) is 12.4 Å². The minimum Gasteiger partial charge on any atom is -0.491 e. The highest BCUT2D eigenvalue weighted by Gasteiger charge is 2.08. The molecule has 2 N–H and O–H groups in total. The zero-order valence-corrected chi connectivity index (χ0v) is 13.7. The van der Waals surface area contributed by atoms with Gasteiger partial charge in [0.15, 0.2) is 5.82 Å². The molecular weight excluding hydrogens is 294 g/mol. The summed E-state index contributed by atoms with van der Waals surface area (Å²) in [7, 11) is 0. The van der Waals surface area contributed by atoms with Crippen molar-refractivity contribution >= 4 is 11.5 Å². The number of aliphatic hydroxyl groups excluding tert-OH is 1. The Hall–Kier alpha value is -2.34. The predicted molar refractivity (Wildman–Crippen MR) is 90.4 cm³/mol. The second kappa shape index (κ2) is 7.78. The summed E-state index contributed by atoms with van der Waals surface area (Å²) in [5.74, 6) is 1.40. The van der Waals surface area contributed by atoms with Crippen molar-refractivity contribution in [2.75, 3.05) is 18.5 Å². The summed E-state index contributed by atoms with van der Waals surface area (Å²) in [5, 5.41) is 11.9. The highest BCUT2D eigenvalue weighted by atomic mass is 16.5. The normalized spacial score (nSPS) is 10.8. The molecule has 0 spiro atoms. The number of nitrogens with one attached hydrogen (secondary N) is 1. The third-order valence-electron chi connectivity index (χ3n) is 3.26. The Balaban J connectivity index is 2.19. The molecule has 0 bridgehead atoms.